The van der Waals surface area contributed by atoms with Gasteiger partial charge in [-0.1, -0.05) is 6.92 Å². The molecule has 0 atom stereocenters. The standard InChI is InChI=1S/C13H22N4O/c1-2-13(4-7-14-8-5-13)12(18)17-6-3-11-15-9-10-16-11/h9-10,14H,2-8H2,1H3,(H,15,16)(H,17,18). The van der Waals surface area contributed by atoms with E-state index in [1.165, 1.54) is 0 Å². The maximum atomic E-state index is 12.3. The Kier molecular flexibility index (Phi) is 4.36. The van der Waals surface area contributed by atoms with Gasteiger partial charge >= 0.3 is 0 Å². The smallest absolute Gasteiger partial charge is 0.226 e. The number of hydrogen-bond acceptors (Lipinski definition) is 3. The lowest BCUT2D eigenvalue weighted by molar-refractivity contribution is -0.132. The Hall–Kier alpha value is -1.36. The number of nitrogens with zero attached hydrogens (tertiary/aromatic N) is 1. The van der Waals surface area contributed by atoms with Crippen molar-refractivity contribution in [3.8, 4) is 0 Å². The summed E-state index contributed by atoms with van der Waals surface area (Å²) in [5.41, 5.74) is -0.158. The minimum atomic E-state index is -0.158. The van der Waals surface area contributed by atoms with Gasteiger partial charge in [0.05, 0.1) is 5.41 Å². The molecule has 100 valence electrons. The van der Waals surface area contributed by atoms with Crippen LogP contribution in [0.3, 0.4) is 0 Å². The molecule has 0 saturated carbocycles. The topological polar surface area (TPSA) is 69.8 Å². The number of rotatable bonds is 5. The fourth-order valence-corrected chi connectivity index (χ4v) is 2.56. The van der Waals surface area contributed by atoms with Crippen molar-refractivity contribution < 1.29 is 4.79 Å². The molecule has 0 radical (unpaired) electrons. The summed E-state index contributed by atoms with van der Waals surface area (Å²) in [4.78, 5) is 19.5. The molecule has 1 fully saturated rings. The molecule has 1 aromatic heterocycles. The SMILES string of the molecule is CCC1(C(=O)NCCc2ncc[nH]2)CCNCC1. The molecule has 1 amide bonds. The Morgan fingerprint density at radius 2 is 2.28 bits per heavy atom. The number of nitrogens with one attached hydrogen (secondary N) is 3. The molecule has 1 aliphatic rings. The number of amides is 1. The van der Waals surface area contributed by atoms with E-state index in [4.69, 9.17) is 0 Å². The van der Waals surface area contributed by atoms with Crippen LogP contribution >= 0.6 is 0 Å². The molecular weight excluding hydrogens is 228 g/mol. The van der Waals surface area contributed by atoms with E-state index in [9.17, 15) is 4.79 Å². The fraction of sp³-hybridized carbons (Fsp3) is 0.692. The maximum absolute atomic E-state index is 12.3. The molecule has 0 aliphatic carbocycles. The largest absolute Gasteiger partial charge is 0.355 e. The number of aromatic amines is 1. The fourth-order valence-electron chi connectivity index (χ4n) is 2.56. The first-order chi connectivity index (χ1) is 8.77. The number of imidazole rings is 1. The monoisotopic (exact) mass is 250 g/mol. The van der Waals surface area contributed by atoms with E-state index in [0.717, 1.165) is 44.6 Å². The third-order valence-corrected chi connectivity index (χ3v) is 3.92. The second-order valence-corrected chi connectivity index (χ2v) is 4.93. The summed E-state index contributed by atoms with van der Waals surface area (Å²) in [5, 5.41) is 6.37. The number of carbonyl (C=O) groups is 1. The van der Waals surface area contributed by atoms with Crippen LogP contribution in [0.25, 0.3) is 0 Å². The van der Waals surface area contributed by atoms with Gasteiger partial charge in [-0.25, -0.2) is 4.98 Å². The maximum Gasteiger partial charge on any atom is 0.226 e. The van der Waals surface area contributed by atoms with E-state index in [1.54, 1.807) is 12.4 Å². The van der Waals surface area contributed by atoms with Crippen LogP contribution in [0.5, 0.6) is 0 Å². The minimum absolute atomic E-state index is 0.158. The lowest BCUT2D eigenvalue weighted by atomic mass is 9.76. The van der Waals surface area contributed by atoms with E-state index < -0.39 is 0 Å². The number of hydrogen-bond donors (Lipinski definition) is 3. The zero-order valence-electron chi connectivity index (χ0n) is 11.0. The van der Waals surface area contributed by atoms with Gasteiger partial charge in [-0.05, 0) is 32.4 Å². The second kappa shape index (κ2) is 6.00. The predicted octanol–water partition coefficient (Wildman–Crippen LogP) is 0.848. The van der Waals surface area contributed by atoms with Gasteiger partial charge in [0, 0.05) is 25.4 Å². The summed E-state index contributed by atoms with van der Waals surface area (Å²) < 4.78 is 0. The molecule has 0 bridgehead atoms. The molecule has 0 aromatic carbocycles. The van der Waals surface area contributed by atoms with Crippen molar-refractivity contribution in [1.82, 2.24) is 20.6 Å². The van der Waals surface area contributed by atoms with Gasteiger partial charge in [0.2, 0.25) is 5.91 Å². The summed E-state index contributed by atoms with van der Waals surface area (Å²) >= 11 is 0. The zero-order valence-corrected chi connectivity index (χ0v) is 11.0. The molecule has 5 heteroatoms. The van der Waals surface area contributed by atoms with E-state index in [-0.39, 0.29) is 11.3 Å². The number of aromatic nitrogens is 2. The Labute approximate surface area is 108 Å². The highest BCUT2D eigenvalue weighted by molar-refractivity contribution is 5.82. The summed E-state index contributed by atoms with van der Waals surface area (Å²) in [7, 11) is 0. The van der Waals surface area contributed by atoms with E-state index in [2.05, 4.69) is 27.5 Å². The molecule has 0 unspecified atom stereocenters. The van der Waals surface area contributed by atoms with Crippen molar-refractivity contribution in [3.63, 3.8) is 0 Å². The average Bonchev–Trinajstić information content (AvgIpc) is 2.92. The van der Waals surface area contributed by atoms with Gasteiger partial charge in [-0.15, -0.1) is 0 Å². The Bertz CT molecular complexity index is 368. The molecule has 2 rings (SSSR count). The van der Waals surface area contributed by atoms with Crippen LogP contribution in [0.2, 0.25) is 0 Å². The number of H-pyrrole nitrogens is 1. The van der Waals surface area contributed by atoms with Crippen molar-refractivity contribution >= 4 is 5.91 Å². The Morgan fingerprint density at radius 3 is 2.89 bits per heavy atom. The third kappa shape index (κ3) is 2.90. The van der Waals surface area contributed by atoms with Crippen molar-refractivity contribution in [2.45, 2.75) is 32.6 Å². The van der Waals surface area contributed by atoms with Gasteiger partial charge in [0.1, 0.15) is 5.82 Å². The van der Waals surface area contributed by atoms with Crippen molar-refractivity contribution in [2.75, 3.05) is 19.6 Å². The van der Waals surface area contributed by atoms with Gasteiger partial charge in [-0.2, -0.15) is 0 Å². The molecule has 1 saturated heterocycles. The first kappa shape index (κ1) is 13.1. The van der Waals surface area contributed by atoms with E-state index in [1.807, 2.05) is 0 Å². The lowest BCUT2D eigenvalue weighted by Gasteiger charge is -2.35. The molecule has 5 nitrogen and oxygen atoms in total. The summed E-state index contributed by atoms with van der Waals surface area (Å²) in [6, 6.07) is 0. The van der Waals surface area contributed by atoms with Gasteiger partial charge in [-0.3, -0.25) is 4.79 Å². The van der Waals surface area contributed by atoms with Crippen LogP contribution in [0, 0.1) is 5.41 Å². The quantitative estimate of drug-likeness (QED) is 0.725. The molecular formula is C13H22N4O. The van der Waals surface area contributed by atoms with Crippen LogP contribution in [0.15, 0.2) is 12.4 Å². The van der Waals surface area contributed by atoms with Gasteiger partial charge in [0.25, 0.3) is 0 Å². The van der Waals surface area contributed by atoms with Crippen LogP contribution in [-0.2, 0) is 11.2 Å². The average molecular weight is 250 g/mol. The van der Waals surface area contributed by atoms with Crippen molar-refractivity contribution in [1.29, 1.82) is 0 Å². The second-order valence-electron chi connectivity index (χ2n) is 4.93. The molecule has 1 aliphatic heterocycles. The van der Waals surface area contributed by atoms with Gasteiger partial charge < -0.3 is 15.6 Å². The van der Waals surface area contributed by atoms with Crippen LogP contribution in [0.1, 0.15) is 32.0 Å². The molecule has 1 aromatic rings. The van der Waals surface area contributed by atoms with Crippen LogP contribution in [0.4, 0.5) is 0 Å². The highest BCUT2D eigenvalue weighted by Gasteiger charge is 2.37. The number of carbonyl (C=O) groups excluding carboxylic acids is 1. The van der Waals surface area contributed by atoms with E-state index >= 15 is 0 Å². The van der Waals surface area contributed by atoms with Gasteiger partial charge in [0.15, 0.2) is 0 Å². The third-order valence-electron chi connectivity index (χ3n) is 3.92. The van der Waals surface area contributed by atoms with Crippen LogP contribution in [-0.4, -0.2) is 35.5 Å². The summed E-state index contributed by atoms with van der Waals surface area (Å²) in [5.74, 6) is 1.13. The summed E-state index contributed by atoms with van der Waals surface area (Å²) in [6.45, 7) is 4.65. The molecule has 18 heavy (non-hydrogen) atoms. The molecule has 3 N–H and O–H groups in total. The first-order valence-corrected chi connectivity index (χ1v) is 6.74. The predicted molar refractivity (Wildman–Crippen MR) is 70.1 cm³/mol. The van der Waals surface area contributed by atoms with Crippen molar-refractivity contribution in [3.05, 3.63) is 18.2 Å². The van der Waals surface area contributed by atoms with E-state index in [0.29, 0.717) is 6.54 Å². The first-order valence-electron chi connectivity index (χ1n) is 6.74. The highest BCUT2D eigenvalue weighted by Crippen LogP contribution is 2.32. The van der Waals surface area contributed by atoms with Crippen LogP contribution < -0.4 is 10.6 Å². The van der Waals surface area contributed by atoms with Crippen molar-refractivity contribution in [2.24, 2.45) is 5.41 Å². The molecule has 2 heterocycles. The lowest BCUT2D eigenvalue weighted by Crippen LogP contribution is -2.47. The minimum Gasteiger partial charge on any atom is -0.355 e. The summed E-state index contributed by atoms with van der Waals surface area (Å²) in [6.07, 6.45) is 7.10. The highest BCUT2D eigenvalue weighted by atomic mass is 16.2. The Balaban J connectivity index is 1.82. The normalized spacial score (nSPS) is 18.5. The zero-order chi connectivity index (χ0) is 12.8. The number of piperidine rings is 1. The Morgan fingerprint density at radius 1 is 1.50 bits per heavy atom. The molecule has 0 spiro atoms.